The largest absolute Gasteiger partial charge is 0.478 e. The fourth-order valence-corrected chi connectivity index (χ4v) is 3.63. The van der Waals surface area contributed by atoms with Crippen molar-refractivity contribution in [1.82, 2.24) is 0 Å². The number of benzene rings is 4. The fourth-order valence-electron chi connectivity index (χ4n) is 3.63. The van der Waals surface area contributed by atoms with Gasteiger partial charge in [-0.3, -0.25) is 0 Å². The summed E-state index contributed by atoms with van der Waals surface area (Å²) in [4.78, 5) is 11.7. The van der Waals surface area contributed by atoms with Crippen molar-refractivity contribution in [2.24, 2.45) is 0 Å². The summed E-state index contributed by atoms with van der Waals surface area (Å²) in [5, 5.41) is 12.7. The van der Waals surface area contributed by atoms with E-state index in [-0.39, 0.29) is 11.4 Å². The third-order valence-corrected chi connectivity index (χ3v) is 5.60. The smallest absolute Gasteiger partial charge is 0.416 e. The Balaban J connectivity index is 1.45. The molecular weight excluding hydrogens is 470 g/mol. The average Bonchev–Trinajstić information content (AvgIpc) is 2.87. The number of carboxylic acid groups (broad SMARTS) is 1. The zero-order chi connectivity index (χ0) is 25.7. The quantitative estimate of drug-likeness (QED) is 0.203. The average molecular weight is 491 g/mol. The zero-order valence-corrected chi connectivity index (χ0v) is 18.9. The molecule has 0 amide bonds. The summed E-state index contributed by atoms with van der Waals surface area (Å²) in [5.41, 5.74) is 3.84. The molecule has 0 saturated carbocycles. The van der Waals surface area contributed by atoms with Crippen LogP contribution in [-0.2, 0) is 12.7 Å². The van der Waals surface area contributed by atoms with Crippen LogP contribution in [0.3, 0.4) is 0 Å². The SMILES string of the molecule is O=C(O)c1ccc(-c2ccc(F)cc2)cc1C=Cc1ccc(NCc2ccc(C(F)(F)F)cc2)cc1. The molecule has 0 aliphatic heterocycles. The summed E-state index contributed by atoms with van der Waals surface area (Å²) in [5.74, 6) is -1.40. The van der Waals surface area contributed by atoms with E-state index in [2.05, 4.69) is 5.32 Å². The Kier molecular flexibility index (Phi) is 7.20. The van der Waals surface area contributed by atoms with E-state index < -0.39 is 17.7 Å². The van der Waals surface area contributed by atoms with Crippen LogP contribution in [-0.4, -0.2) is 11.1 Å². The molecule has 0 aliphatic carbocycles. The molecule has 3 nitrogen and oxygen atoms in total. The van der Waals surface area contributed by atoms with Crippen LogP contribution >= 0.6 is 0 Å². The van der Waals surface area contributed by atoms with Gasteiger partial charge >= 0.3 is 12.1 Å². The molecule has 36 heavy (non-hydrogen) atoms. The molecule has 0 heterocycles. The number of hydrogen-bond donors (Lipinski definition) is 2. The first kappa shape index (κ1) is 24.7. The van der Waals surface area contributed by atoms with Crippen molar-refractivity contribution in [3.05, 3.63) is 125 Å². The lowest BCUT2D eigenvalue weighted by molar-refractivity contribution is -0.137. The van der Waals surface area contributed by atoms with E-state index in [0.29, 0.717) is 17.7 Å². The predicted octanol–water partition coefficient (Wildman–Crippen LogP) is 7.99. The molecule has 0 spiro atoms. The van der Waals surface area contributed by atoms with Crippen LogP contribution in [0.25, 0.3) is 23.3 Å². The highest BCUT2D eigenvalue weighted by Gasteiger charge is 2.29. The van der Waals surface area contributed by atoms with Crippen molar-refractivity contribution in [2.75, 3.05) is 5.32 Å². The van der Waals surface area contributed by atoms with Crippen molar-refractivity contribution in [2.45, 2.75) is 12.7 Å². The van der Waals surface area contributed by atoms with Gasteiger partial charge in [-0.1, -0.05) is 54.6 Å². The third kappa shape index (κ3) is 6.18. The molecule has 182 valence electrons. The van der Waals surface area contributed by atoms with Gasteiger partial charge in [0.05, 0.1) is 11.1 Å². The molecular formula is C29H21F4NO2. The number of carboxylic acids is 1. The molecule has 0 radical (unpaired) electrons. The lowest BCUT2D eigenvalue weighted by Gasteiger charge is -2.09. The van der Waals surface area contributed by atoms with Gasteiger partial charge in [-0.05, 0) is 76.3 Å². The minimum Gasteiger partial charge on any atom is -0.478 e. The molecule has 0 aliphatic rings. The van der Waals surface area contributed by atoms with Gasteiger partial charge < -0.3 is 10.4 Å². The Morgan fingerprint density at radius 1 is 0.806 bits per heavy atom. The fraction of sp³-hybridized carbons (Fsp3) is 0.0690. The number of carbonyl (C=O) groups is 1. The highest BCUT2D eigenvalue weighted by Crippen LogP contribution is 2.29. The molecule has 2 N–H and O–H groups in total. The lowest BCUT2D eigenvalue weighted by Crippen LogP contribution is -2.05. The van der Waals surface area contributed by atoms with Gasteiger partial charge in [0.2, 0.25) is 0 Å². The Hall–Kier alpha value is -4.39. The topological polar surface area (TPSA) is 49.3 Å². The van der Waals surface area contributed by atoms with E-state index in [4.69, 9.17) is 0 Å². The van der Waals surface area contributed by atoms with Crippen LogP contribution in [0.5, 0.6) is 0 Å². The minimum atomic E-state index is -4.36. The van der Waals surface area contributed by atoms with E-state index in [1.54, 1.807) is 36.4 Å². The number of hydrogen-bond acceptors (Lipinski definition) is 2. The van der Waals surface area contributed by atoms with E-state index in [1.165, 1.54) is 30.3 Å². The monoisotopic (exact) mass is 491 g/mol. The number of anilines is 1. The summed E-state index contributed by atoms with van der Waals surface area (Å²) in [7, 11) is 0. The number of rotatable bonds is 7. The van der Waals surface area contributed by atoms with Gasteiger partial charge in [0, 0.05) is 12.2 Å². The van der Waals surface area contributed by atoms with Gasteiger partial charge in [-0.15, -0.1) is 0 Å². The lowest BCUT2D eigenvalue weighted by atomic mass is 9.98. The maximum absolute atomic E-state index is 13.2. The summed E-state index contributed by atoms with van der Waals surface area (Å²) in [6.45, 7) is 0.367. The molecule has 4 rings (SSSR count). The second-order valence-corrected chi connectivity index (χ2v) is 8.12. The minimum absolute atomic E-state index is 0.145. The van der Waals surface area contributed by atoms with Crippen LogP contribution in [0.4, 0.5) is 23.2 Å². The van der Waals surface area contributed by atoms with Crippen LogP contribution in [0.1, 0.15) is 32.6 Å². The number of nitrogens with one attached hydrogen (secondary N) is 1. The second kappa shape index (κ2) is 10.5. The molecule has 0 fully saturated rings. The summed E-state index contributed by atoms with van der Waals surface area (Å²) >= 11 is 0. The van der Waals surface area contributed by atoms with Crippen molar-refractivity contribution in [3.8, 4) is 11.1 Å². The van der Waals surface area contributed by atoms with Gasteiger partial charge in [0.25, 0.3) is 0 Å². The maximum atomic E-state index is 13.2. The summed E-state index contributed by atoms with van der Waals surface area (Å²) in [6, 6.07) is 23.3. The first-order valence-corrected chi connectivity index (χ1v) is 11.0. The molecule has 0 bridgehead atoms. The van der Waals surface area contributed by atoms with Crippen molar-refractivity contribution in [3.63, 3.8) is 0 Å². The molecule has 4 aromatic rings. The zero-order valence-electron chi connectivity index (χ0n) is 18.9. The highest BCUT2D eigenvalue weighted by atomic mass is 19.4. The second-order valence-electron chi connectivity index (χ2n) is 8.12. The van der Waals surface area contributed by atoms with Crippen LogP contribution in [0.15, 0.2) is 91.0 Å². The van der Waals surface area contributed by atoms with Gasteiger partial charge in [-0.2, -0.15) is 13.2 Å². The van der Waals surface area contributed by atoms with Crippen LogP contribution in [0.2, 0.25) is 0 Å². The van der Waals surface area contributed by atoms with Crippen molar-refractivity contribution < 1.29 is 27.5 Å². The predicted molar refractivity (Wildman–Crippen MR) is 133 cm³/mol. The van der Waals surface area contributed by atoms with Crippen molar-refractivity contribution >= 4 is 23.8 Å². The third-order valence-electron chi connectivity index (χ3n) is 5.60. The standard InChI is InChI=1S/C29H21F4NO2/c30-25-12-7-21(8-13-25)22-9-16-27(28(35)36)23(17-22)6-1-19-4-14-26(15-5-19)34-18-20-2-10-24(11-3-20)29(31,32)33/h1-17,34H,18H2,(H,35,36). The summed E-state index contributed by atoms with van der Waals surface area (Å²) in [6.07, 6.45) is -0.861. The van der Waals surface area contributed by atoms with E-state index in [0.717, 1.165) is 34.5 Å². The number of alkyl halides is 3. The summed E-state index contributed by atoms with van der Waals surface area (Å²) < 4.78 is 51.3. The molecule has 7 heteroatoms. The van der Waals surface area contributed by atoms with Crippen LogP contribution in [0, 0.1) is 5.82 Å². The number of halogens is 4. The Labute approximate surface area is 205 Å². The van der Waals surface area contributed by atoms with Gasteiger partial charge in [-0.25, -0.2) is 9.18 Å². The maximum Gasteiger partial charge on any atom is 0.416 e. The molecule has 0 atom stereocenters. The molecule has 4 aromatic carbocycles. The molecule has 0 aromatic heterocycles. The Morgan fingerprint density at radius 3 is 2.06 bits per heavy atom. The Morgan fingerprint density at radius 2 is 1.44 bits per heavy atom. The van der Waals surface area contributed by atoms with Crippen molar-refractivity contribution in [1.29, 1.82) is 0 Å². The van der Waals surface area contributed by atoms with E-state index in [9.17, 15) is 27.5 Å². The number of aromatic carboxylic acids is 1. The van der Waals surface area contributed by atoms with Gasteiger partial charge in [0.1, 0.15) is 5.82 Å². The Bertz CT molecular complexity index is 1380. The normalized spacial score (nSPS) is 11.6. The van der Waals surface area contributed by atoms with Crippen LogP contribution < -0.4 is 5.32 Å². The molecule has 0 saturated heterocycles. The first-order chi connectivity index (χ1) is 17.2. The molecule has 0 unspecified atom stereocenters. The van der Waals surface area contributed by atoms with E-state index >= 15 is 0 Å². The first-order valence-electron chi connectivity index (χ1n) is 11.0. The van der Waals surface area contributed by atoms with Gasteiger partial charge in [0.15, 0.2) is 0 Å². The highest BCUT2D eigenvalue weighted by molar-refractivity contribution is 5.94. The van der Waals surface area contributed by atoms with E-state index in [1.807, 2.05) is 24.3 Å².